The number of carbonyl (C=O) groups is 1. The Kier molecular flexibility index (Phi) is 4.45. The van der Waals surface area contributed by atoms with E-state index in [1.54, 1.807) is 0 Å². The maximum atomic E-state index is 13.1. The van der Waals surface area contributed by atoms with E-state index in [0.717, 1.165) is 35.3 Å². The molecule has 0 fully saturated rings. The zero-order valence-corrected chi connectivity index (χ0v) is 18.1. The van der Waals surface area contributed by atoms with E-state index < -0.39 is 0 Å². The molecule has 0 aromatic heterocycles. The lowest BCUT2D eigenvalue weighted by Crippen LogP contribution is -2.17. The maximum absolute atomic E-state index is 13.1. The lowest BCUT2D eigenvalue weighted by Gasteiger charge is -2.27. The van der Waals surface area contributed by atoms with E-state index in [2.05, 4.69) is 71.9 Å². The second-order valence-corrected chi connectivity index (χ2v) is 10.5. The van der Waals surface area contributed by atoms with Crippen LogP contribution in [0.25, 0.3) is 0 Å². The summed E-state index contributed by atoms with van der Waals surface area (Å²) in [7, 11) is 0. The Hall–Kier alpha value is -2.09. The zero-order valence-electron chi connectivity index (χ0n) is 18.1. The predicted molar refractivity (Wildman–Crippen MR) is 114 cm³/mol. The standard InChI is InChI=1S/C26H32O2/c1-25(2,3)17-14-20-22(19-13-9-11-16-10-7-8-12-18(16)19)24(27)28-23(20)21(15-17)26(4,5)6/h9,11,13-15,22H,7-8,10,12H2,1-6H3. The average molecular weight is 377 g/mol. The number of carbonyl (C=O) groups excluding carboxylic acids is 1. The van der Waals surface area contributed by atoms with Crippen LogP contribution >= 0.6 is 0 Å². The molecule has 0 saturated carbocycles. The first-order chi connectivity index (χ1) is 13.1. The van der Waals surface area contributed by atoms with Crippen molar-refractivity contribution >= 4 is 5.97 Å². The van der Waals surface area contributed by atoms with Gasteiger partial charge in [-0.2, -0.15) is 0 Å². The van der Waals surface area contributed by atoms with E-state index in [1.165, 1.54) is 29.5 Å². The van der Waals surface area contributed by atoms with Gasteiger partial charge in [0.1, 0.15) is 11.7 Å². The first-order valence-corrected chi connectivity index (χ1v) is 10.6. The van der Waals surface area contributed by atoms with Crippen molar-refractivity contribution in [3.63, 3.8) is 0 Å². The molecule has 0 radical (unpaired) electrons. The summed E-state index contributed by atoms with van der Waals surface area (Å²) in [6, 6.07) is 11.0. The fraction of sp³-hybridized carbons (Fsp3) is 0.500. The summed E-state index contributed by atoms with van der Waals surface area (Å²) in [5.74, 6) is 0.376. The highest BCUT2D eigenvalue weighted by molar-refractivity contribution is 5.91. The Morgan fingerprint density at radius 1 is 0.893 bits per heavy atom. The van der Waals surface area contributed by atoms with Gasteiger partial charge >= 0.3 is 5.97 Å². The molecular weight excluding hydrogens is 344 g/mol. The van der Waals surface area contributed by atoms with E-state index in [0.29, 0.717) is 0 Å². The van der Waals surface area contributed by atoms with Crippen LogP contribution < -0.4 is 4.74 Å². The fourth-order valence-electron chi connectivity index (χ4n) is 4.63. The van der Waals surface area contributed by atoms with Crippen LogP contribution in [0.5, 0.6) is 5.75 Å². The second-order valence-electron chi connectivity index (χ2n) is 10.5. The Balaban J connectivity index is 1.95. The Morgan fingerprint density at radius 3 is 2.29 bits per heavy atom. The smallest absolute Gasteiger partial charge is 0.323 e. The van der Waals surface area contributed by atoms with E-state index in [4.69, 9.17) is 4.74 Å². The molecule has 2 aromatic carbocycles. The molecule has 0 N–H and O–H groups in total. The summed E-state index contributed by atoms with van der Waals surface area (Å²) in [6.07, 6.45) is 4.63. The van der Waals surface area contributed by atoms with Crippen molar-refractivity contribution < 1.29 is 9.53 Å². The van der Waals surface area contributed by atoms with Gasteiger partial charge in [0, 0.05) is 11.1 Å². The lowest BCUT2D eigenvalue weighted by atomic mass is 9.76. The summed E-state index contributed by atoms with van der Waals surface area (Å²) in [5.41, 5.74) is 7.33. The number of hydrogen-bond donors (Lipinski definition) is 0. The second kappa shape index (κ2) is 6.47. The molecule has 1 atom stereocenters. The van der Waals surface area contributed by atoms with Gasteiger partial charge in [-0.15, -0.1) is 0 Å². The quantitative estimate of drug-likeness (QED) is 0.437. The molecule has 2 aliphatic rings. The molecule has 2 heteroatoms. The number of benzene rings is 2. The minimum atomic E-state index is -0.300. The minimum Gasteiger partial charge on any atom is -0.425 e. The molecule has 0 bridgehead atoms. The SMILES string of the molecule is CC(C)(C)c1cc2c(c(C(C)(C)C)c1)OC(=O)C2c1cccc2c1CCCC2. The number of rotatable bonds is 1. The highest BCUT2D eigenvalue weighted by Crippen LogP contribution is 2.48. The number of fused-ring (bicyclic) bond motifs is 2. The minimum absolute atomic E-state index is 0.0152. The molecule has 0 saturated heterocycles. The van der Waals surface area contributed by atoms with Crippen molar-refractivity contribution in [1.82, 2.24) is 0 Å². The van der Waals surface area contributed by atoms with E-state index in [-0.39, 0.29) is 22.7 Å². The topological polar surface area (TPSA) is 26.3 Å². The molecule has 0 amide bonds. The third-order valence-electron chi connectivity index (χ3n) is 6.28. The normalized spacial score (nSPS) is 19.2. The van der Waals surface area contributed by atoms with Crippen LogP contribution in [0.15, 0.2) is 30.3 Å². The van der Waals surface area contributed by atoms with Crippen LogP contribution in [0.4, 0.5) is 0 Å². The molecule has 0 spiro atoms. The summed E-state index contributed by atoms with van der Waals surface area (Å²) >= 11 is 0. The van der Waals surface area contributed by atoms with Gasteiger partial charge in [0.25, 0.3) is 0 Å². The zero-order chi connectivity index (χ0) is 20.3. The van der Waals surface area contributed by atoms with Crippen LogP contribution in [0.3, 0.4) is 0 Å². The van der Waals surface area contributed by atoms with Crippen LogP contribution in [-0.4, -0.2) is 5.97 Å². The molecular formula is C26H32O2. The Morgan fingerprint density at radius 2 is 1.61 bits per heavy atom. The van der Waals surface area contributed by atoms with Crippen molar-refractivity contribution in [2.45, 2.75) is 84.0 Å². The van der Waals surface area contributed by atoms with Crippen molar-refractivity contribution in [3.8, 4) is 5.75 Å². The van der Waals surface area contributed by atoms with Crippen LogP contribution in [0.1, 0.15) is 93.7 Å². The van der Waals surface area contributed by atoms with Crippen molar-refractivity contribution in [2.24, 2.45) is 0 Å². The Labute approximate surface area is 169 Å². The molecule has 1 aliphatic heterocycles. The van der Waals surface area contributed by atoms with Crippen LogP contribution in [0, 0.1) is 0 Å². The molecule has 1 unspecified atom stereocenters. The predicted octanol–water partition coefficient (Wildman–Crippen LogP) is 6.21. The van der Waals surface area contributed by atoms with Crippen molar-refractivity contribution in [3.05, 3.63) is 63.7 Å². The summed E-state index contributed by atoms with van der Waals surface area (Å²) in [6.45, 7) is 13.3. The van der Waals surface area contributed by atoms with Gasteiger partial charge < -0.3 is 4.74 Å². The highest BCUT2D eigenvalue weighted by atomic mass is 16.5. The van der Waals surface area contributed by atoms with E-state index in [1.807, 2.05) is 0 Å². The van der Waals surface area contributed by atoms with E-state index in [9.17, 15) is 4.79 Å². The molecule has 28 heavy (non-hydrogen) atoms. The van der Waals surface area contributed by atoms with E-state index >= 15 is 0 Å². The number of ether oxygens (including phenoxy) is 1. The Bertz CT molecular complexity index is 938. The van der Waals surface area contributed by atoms with Gasteiger partial charge in [0.2, 0.25) is 0 Å². The maximum Gasteiger partial charge on any atom is 0.323 e. The van der Waals surface area contributed by atoms with Gasteiger partial charge in [-0.05, 0) is 58.8 Å². The van der Waals surface area contributed by atoms with Gasteiger partial charge in [-0.3, -0.25) is 4.79 Å². The molecule has 148 valence electrons. The molecule has 2 nitrogen and oxygen atoms in total. The third-order valence-corrected chi connectivity index (χ3v) is 6.28. The van der Waals surface area contributed by atoms with Gasteiger partial charge in [-0.1, -0.05) is 71.9 Å². The fourth-order valence-corrected chi connectivity index (χ4v) is 4.63. The molecule has 1 aliphatic carbocycles. The van der Waals surface area contributed by atoms with Gasteiger partial charge in [-0.25, -0.2) is 0 Å². The number of aryl methyl sites for hydroxylation is 1. The monoisotopic (exact) mass is 376 g/mol. The van der Waals surface area contributed by atoms with Crippen molar-refractivity contribution in [2.75, 3.05) is 0 Å². The van der Waals surface area contributed by atoms with Crippen LogP contribution in [-0.2, 0) is 28.5 Å². The lowest BCUT2D eigenvalue weighted by molar-refractivity contribution is -0.133. The first kappa shape index (κ1) is 19.2. The molecule has 4 rings (SSSR count). The average Bonchev–Trinajstić information content (AvgIpc) is 2.94. The number of hydrogen-bond acceptors (Lipinski definition) is 2. The molecule has 2 aromatic rings. The third kappa shape index (κ3) is 3.17. The molecule has 1 heterocycles. The summed E-state index contributed by atoms with van der Waals surface area (Å²) in [4.78, 5) is 13.1. The highest BCUT2D eigenvalue weighted by Gasteiger charge is 2.40. The largest absolute Gasteiger partial charge is 0.425 e. The van der Waals surface area contributed by atoms with Crippen molar-refractivity contribution in [1.29, 1.82) is 0 Å². The number of esters is 1. The summed E-state index contributed by atoms with van der Waals surface area (Å²) < 4.78 is 5.95. The summed E-state index contributed by atoms with van der Waals surface area (Å²) in [5, 5.41) is 0. The van der Waals surface area contributed by atoms with Gasteiger partial charge in [0.15, 0.2) is 0 Å². The first-order valence-electron chi connectivity index (χ1n) is 10.6. The van der Waals surface area contributed by atoms with Crippen LogP contribution in [0.2, 0.25) is 0 Å². The van der Waals surface area contributed by atoms with Gasteiger partial charge in [0.05, 0.1) is 0 Å².